The minimum atomic E-state index is -1.38. The lowest BCUT2D eigenvalue weighted by atomic mass is 9.82. The zero-order valence-corrected chi connectivity index (χ0v) is 17.7. The number of urea groups is 1. The number of imide groups is 1. The number of ketones is 1. The molecule has 0 bridgehead atoms. The Morgan fingerprint density at radius 1 is 1.26 bits per heavy atom. The van der Waals surface area contributed by atoms with Crippen LogP contribution < -0.4 is 10.6 Å². The Bertz CT molecular complexity index is 972. The van der Waals surface area contributed by atoms with Crippen molar-refractivity contribution >= 4 is 29.5 Å². The second kappa shape index (κ2) is 8.17. The van der Waals surface area contributed by atoms with Gasteiger partial charge in [0.1, 0.15) is 0 Å². The van der Waals surface area contributed by atoms with Gasteiger partial charge in [-0.2, -0.15) is 0 Å². The lowest BCUT2D eigenvalue weighted by Crippen LogP contribution is -2.40. The minimum absolute atomic E-state index is 0.127. The van der Waals surface area contributed by atoms with Crippen molar-refractivity contribution in [2.24, 2.45) is 5.92 Å². The number of aryl methyl sites for hydroxylation is 1. The summed E-state index contributed by atoms with van der Waals surface area (Å²) >= 11 is 0. The standard InChI is InChI=1S/C23H27N3O5/c1-14-5-3-4-6-15(14)12-18(27)13-26-20(28)23(31-22(26)30)10-9-16-11-17(7-8-19(16)23)25-21(29)24-2/h7-8,11,15H,1,3-6,9-10,12-13H2,2H3,(H2,24,25,29)/t15?,23-/m1/s1. The highest BCUT2D eigenvalue weighted by atomic mass is 16.6. The Morgan fingerprint density at radius 2 is 2.06 bits per heavy atom. The van der Waals surface area contributed by atoms with Gasteiger partial charge in [0.25, 0.3) is 5.91 Å². The number of ether oxygens (including phenoxy) is 1. The number of hydrogen-bond donors (Lipinski definition) is 2. The Hall–Kier alpha value is -3.16. The van der Waals surface area contributed by atoms with Crippen LogP contribution in [-0.4, -0.2) is 42.3 Å². The van der Waals surface area contributed by atoms with Crippen LogP contribution in [0.2, 0.25) is 0 Å². The molecule has 1 aromatic carbocycles. The Kier molecular flexibility index (Phi) is 5.56. The lowest BCUT2D eigenvalue weighted by Gasteiger charge is -2.24. The molecule has 1 spiro atoms. The number of carbonyl (C=O) groups is 4. The molecule has 0 aromatic heterocycles. The number of anilines is 1. The van der Waals surface area contributed by atoms with Crippen LogP contribution in [0.5, 0.6) is 0 Å². The van der Waals surface area contributed by atoms with Gasteiger partial charge < -0.3 is 15.4 Å². The summed E-state index contributed by atoms with van der Waals surface area (Å²) in [5.74, 6) is -0.514. The van der Waals surface area contributed by atoms with Crippen molar-refractivity contribution in [2.75, 3.05) is 18.9 Å². The highest BCUT2D eigenvalue weighted by Crippen LogP contribution is 2.46. The monoisotopic (exact) mass is 425 g/mol. The van der Waals surface area contributed by atoms with E-state index in [1.165, 1.54) is 7.05 Å². The Morgan fingerprint density at radius 3 is 2.81 bits per heavy atom. The van der Waals surface area contributed by atoms with E-state index < -0.39 is 17.6 Å². The third kappa shape index (κ3) is 3.82. The molecular formula is C23H27N3O5. The van der Waals surface area contributed by atoms with Crippen molar-refractivity contribution in [3.8, 4) is 0 Å². The van der Waals surface area contributed by atoms with E-state index in [0.29, 0.717) is 30.5 Å². The molecule has 8 nitrogen and oxygen atoms in total. The van der Waals surface area contributed by atoms with Crippen LogP contribution in [0, 0.1) is 5.92 Å². The van der Waals surface area contributed by atoms with Crippen LogP contribution in [0.4, 0.5) is 15.3 Å². The number of nitrogens with zero attached hydrogens (tertiary/aromatic N) is 1. The molecule has 3 aliphatic rings. The molecule has 2 atom stereocenters. The van der Waals surface area contributed by atoms with Gasteiger partial charge in [-0.1, -0.05) is 24.6 Å². The van der Waals surface area contributed by atoms with Crippen molar-refractivity contribution < 1.29 is 23.9 Å². The van der Waals surface area contributed by atoms with Crippen molar-refractivity contribution in [1.29, 1.82) is 0 Å². The first-order valence-electron chi connectivity index (χ1n) is 10.7. The van der Waals surface area contributed by atoms with Gasteiger partial charge in [0.15, 0.2) is 5.78 Å². The van der Waals surface area contributed by atoms with Crippen LogP contribution in [0.25, 0.3) is 0 Å². The average Bonchev–Trinajstić information content (AvgIpc) is 3.22. The normalized spacial score (nSPS) is 24.9. The number of Topliss-reactive ketones (excluding diaryl/α,β-unsaturated/α-hetero) is 1. The summed E-state index contributed by atoms with van der Waals surface area (Å²) < 4.78 is 5.58. The van der Waals surface area contributed by atoms with E-state index in [1.54, 1.807) is 18.2 Å². The number of amides is 4. The summed E-state index contributed by atoms with van der Waals surface area (Å²) in [5.41, 5.74) is 1.74. The van der Waals surface area contributed by atoms with Gasteiger partial charge in [-0.25, -0.2) is 14.5 Å². The molecule has 4 amide bonds. The maximum absolute atomic E-state index is 13.2. The number of carbonyl (C=O) groups excluding carboxylic acids is 4. The smallest absolute Gasteiger partial charge is 0.418 e. The summed E-state index contributed by atoms with van der Waals surface area (Å²) in [5, 5.41) is 5.17. The van der Waals surface area contributed by atoms with E-state index >= 15 is 0 Å². The summed E-state index contributed by atoms with van der Waals surface area (Å²) in [7, 11) is 1.52. The van der Waals surface area contributed by atoms with Gasteiger partial charge in [-0.05, 0) is 49.3 Å². The highest BCUT2D eigenvalue weighted by Gasteiger charge is 2.58. The molecular weight excluding hydrogens is 398 g/mol. The molecule has 1 unspecified atom stereocenters. The Labute approximate surface area is 181 Å². The molecule has 0 radical (unpaired) electrons. The molecule has 1 aliphatic heterocycles. The van der Waals surface area contributed by atoms with E-state index in [1.807, 2.05) is 0 Å². The second-order valence-electron chi connectivity index (χ2n) is 8.51. The van der Waals surface area contributed by atoms with Crippen molar-refractivity contribution in [3.63, 3.8) is 0 Å². The summed E-state index contributed by atoms with van der Waals surface area (Å²) in [6, 6.07) is 4.81. The SMILES string of the molecule is C=C1CCCCC1CC(=O)CN1C(=O)O[C@@]2(CCc3cc(NC(=O)NC)ccc32)C1=O. The molecule has 1 heterocycles. The van der Waals surface area contributed by atoms with Crippen molar-refractivity contribution in [1.82, 2.24) is 10.2 Å². The fourth-order valence-electron chi connectivity index (χ4n) is 4.84. The van der Waals surface area contributed by atoms with E-state index in [0.717, 1.165) is 41.7 Å². The largest absolute Gasteiger partial charge is 0.427 e. The zero-order chi connectivity index (χ0) is 22.2. The van der Waals surface area contributed by atoms with Crippen molar-refractivity contribution in [2.45, 2.75) is 50.5 Å². The van der Waals surface area contributed by atoms with Crippen LogP contribution in [0.1, 0.15) is 49.7 Å². The van der Waals surface area contributed by atoms with Gasteiger partial charge in [0, 0.05) is 31.1 Å². The predicted octanol–water partition coefficient (Wildman–Crippen LogP) is 3.26. The first-order valence-corrected chi connectivity index (χ1v) is 10.7. The fraction of sp³-hybridized carbons (Fsp3) is 0.478. The van der Waals surface area contributed by atoms with Gasteiger partial charge in [-0.15, -0.1) is 0 Å². The van der Waals surface area contributed by atoms with Crippen molar-refractivity contribution in [3.05, 3.63) is 41.5 Å². The average molecular weight is 425 g/mol. The van der Waals surface area contributed by atoms with E-state index in [2.05, 4.69) is 17.2 Å². The fourth-order valence-corrected chi connectivity index (χ4v) is 4.84. The molecule has 8 heteroatoms. The van der Waals surface area contributed by atoms with Crippen LogP contribution in [0.3, 0.4) is 0 Å². The molecule has 4 rings (SSSR count). The van der Waals surface area contributed by atoms with Crippen LogP contribution >= 0.6 is 0 Å². The predicted molar refractivity (Wildman–Crippen MR) is 113 cm³/mol. The van der Waals surface area contributed by atoms with Gasteiger partial charge in [-0.3, -0.25) is 9.59 Å². The first-order chi connectivity index (χ1) is 14.8. The van der Waals surface area contributed by atoms with Gasteiger partial charge >= 0.3 is 12.1 Å². The summed E-state index contributed by atoms with van der Waals surface area (Å²) in [6.45, 7) is 3.80. The third-order valence-corrected chi connectivity index (χ3v) is 6.53. The van der Waals surface area contributed by atoms with Crippen LogP contribution in [-0.2, 0) is 26.3 Å². The first kappa shape index (κ1) is 21.1. The van der Waals surface area contributed by atoms with Gasteiger partial charge in [0.2, 0.25) is 5.60 Å². The quantitative estimate of drug-likeness (QED) is 0.705. The third-order valence-electron chi connectivity index (χ3n) is 6.53. The molecule has 2 fully saturated rings. The number of hydrogen-bond acceptors (Lipinski definition) is 5. The molecule has 1 saturated carbocycles. The summed E-state index contributed by atoms with van der Waals surface area (Å²) in [4.78, 5) is 50.9. The number of nitrogens with one attached hydrogen (secondary N) is 2. The minimum Gasteiger partial charge on any atom is -0.427 e. The molecule has 31 heavy (non-hydrogen) atoms. The van der Waals surface area contributed by atoms with E-state index in [-0.39, 0.29) is 24.3 Å². The topological polar surface area (TPSA) is 105 Å². The number of benzene rings is 1. The zero-order valence-electron chi connectivity index (χ0n) is 17.7. The Balaban J connectivity index is 1.48. The summed E-state index contributed by atoms with van der Waals surface area (Å²) in [6.07, 6.45) is 4.39. The number of allylic oxidation sites excluding steroid dienone is 1. The lowest BCUT2D eigenvalue weighted by molar-refractivity contribution is -0.139. The van der Waals surface area contributed by atoms with E-state index in [9.17, 15) is 19.2 Å². The molecule has 164 valence electrons. The second-order valence-corrected chi connectivity index (χ2v) is 8.51. The molecule has 2 aliphatic carbocycles. The molecule has 2 N–H and O–H groups in total. The highest BCUT2D eigenvalue weighted by molar-refractivity contribution is 6.06. The van der Waals surface area contributed by atoms with E-state index in [4.69, 9.17) is 4.74 Å². The molecule has 1 saturated heterocycles. The number of rotatable bonds is 5. The molecule has 1 aromatic rings. The maximum atomic E-state index is 13.2. The van der Waals surface area contributed by atoms with Gasteiger partial charge in [0.05, 0.1) is 6.54 Å². The number of fused-ring (bicyclic) bond motifs is 2. The maximum Gasteiger partial charge on any atom is 0.418 e. The van der Waals surface area contributed by atoms with Crippen LogP contribution in [0.15, 0.2) is 30.4 Å².